The van der Waals surface area contributed by atoms with Gasteiger partial charge in [0.2, 0.25) is 5.78 Å². The molecule has 1 atom stereocenters. The number of benzene rings is 1. The predicted octanol–water partition coefficient (Wildman–Crippen LogP) is 2.69. The topological polar surface area (TPSA) is 35.5 Å². The lowest BCUT2D eigenvalue weighted by atomic mass is 10.1. The van der Waals surface area contributed by atoms with Crippen LogP contribution in [0.2, 0.25) is 0 Å². The Morgan fingerprint density at radius 1 is 1.50 bits per heavy atom. The summed E-state index contributed by atoms with van der Waals surface area (Å²) in [6.45, 7) is 5.14. The lowest BCUT2D eigenvalue weighted by molar-refractivity contribution is 0.0961. The fourth-order valence-corrected chi connectivity index (χ4v) is 1.52. The Morgan fingerprint density at radius 3 is 3.06 bits per heavy atom. The molecule has 0 fully saturated rings. The van der Waals surface area contributed by atoms with Crippen LogP contribution in [0.5, 0.6) is 11.5 Å². The Kier molecular flexibility index (Phi) is 3.13. The summed E-state index contributed by atoms with van der Waals surface area (Å²) < 4.78 is 10.9. The number of carbonyl (C=O) groups is 1. The quantitative estimate of drug-likeness (QED) is 0.782. The van der Waals surface area contributed by atoms with Crippen molar-refractivity contribution in [3.8, 4) is 11.5 Å². The smallest absolute Gasteiger partial charge is 0.203 e. The van der Waals surface area contributed by atoms with Crippen LogP contribution in [-0.2, 0) is 0 Å². The molecule has 0 saturated carbocycles. The van der Waals surface area contributed by atoms with Gasteiger partial charge < -0.3 is 9.47 Å². The van der Waals surface area contributed by atoms with Gasteiger partial charge in [0.1, 0.15) is 11.5 Å². The van der Waals surface area contributed by atoms with Crippen molar-refractivity contribution in [2.24, 2.45) is 5.92 Å². The Bertz CT molecular complexity index is 398. The van der Waals surface area contributed by atoms with Crippen LogP contribution in [0.4, 0.5) is 0 Å². The van der Waals surface area contributed by atoms with Gasteiger partial charge in [-0.15, -0.1) is 0 Å². The lowest BCUT2D eigenvalue weighted by Gasteiger charge is -2.11. The number of carbonyl (C=O) groups excluding carboxylic acids is 1. The molecule has 0 spiro atoms. The van der Waals surface area contributed by atoms with Crippen molar-refractivity contribution in [3.63, 3.8) is 0 Å². The van der Waals surface area contributed by atoms with E-state index < -0.39 is 0 Å². The van der Waals surface area contributed by atoms with E-state index in [0.29, 0.717) is 23.8 Å². The molecule has 2 rings (SSSR count). The van der Waals surface area contributed by atoms with Gasteiger partial charge in [-0.05, 0) is 18.1 Å². The van der Waals surface area contributed by atoms with Crippen LogP contribution in [0.15, 0.2) is 18.2 Å². The van der Waals surface area contributed by atoms with Crippen molar-refractivity contribution < 1.29 is 14.3 Å². The number of ketones is 1. The van der Waals surface area contributed by atoms with E-state index in [1.807, 2.05) is 6.07 Å². The average Bonchev–Trinajstić information content (AvgIpc) is 2.67. The first kappa shape index (κ1) is 11.0. The van der Waals surface area contributed by atoms with E-state index in [0.717, 1.165) is 12.2 Å². The molecule has 1 aromatic rings. The number of ether oxygens (including phenoxy) is 2. The van der Waals surface area contributed by atoms with Gasteiger partial charge in [-0.3, -0.25) is 4.79 Å². The largest absolute Gasteiger partial charge is 0.493 e. The van der Waals surface area contributed by atoms with E-state index in [1.54, 1.807) is 12.1 Å². The highest BCUT2D eigenvalue weighted by atomic mass is 16.5. The van der Waals surface area contributed by atoms with Crippen molar-refractivity contribution in [1.82, 2.24) is 0 Å². The highest BCUT2D eigenvalue weighted by molar-refractivity contribution is 6.02. The van der Waals surface area contributed by atoms with Crippen LogP contribution in [0.25, 0.3) is 0 Å². The van der Waals surface area contributed by atoms with Gasteiger partial charge in [0.15, 0.2) is 6.61 Å². The third-order valence-corrected chi connectivity index (χ3v) is 2.84. The molecule has 1 heterocycles. The molecular formula is C13H16O3. The number of hydrogen-bond donors (Lipinski definition) is 0. The summed E-state index contributed by atoms with van der Waals surface area (Å²) in [5.74, 6) is 2.00. The van der Waals surface area contributed by atoms with E-state index in [-0.39, 0.29) is 12.4 Å². The summed E-state index contributed by atoms with van der Waals surface area (Å²) in [5.41, 5.74) is 0.663. The SMILES string of the molecule is CCC(C)COc1ccc2c(c1)OCC2=O. The molecule has 0 aliphatic carbocycles. The molecule has 16 heavy (non-hydrogen) atoms. The minimum Gasteiger partial charge on any atom is -0.493 e. The zero-order valence-corrected chi connectivity index (χ0v) is 9.66. The number of fused-ring (bicyclic) bond motifs is 1. The summed E-state index contributed by atoms with van der Waals surface area (Å²) in [6, 6.07) is 5.40. The Hall–Kier alpha value is -1.51. The molecule has 0 aromatic heterocycles. The van der Waals surface area contributed by atoms with Gasteiger partial charge in [-0.1, -0.05) is 20.3 Å². The van der Waals surface area contributed by atoms with Crippen LogP contribution in [0.1, 0.15) is 30.6 Å². The van der Waals surface area contributed by atoms with Gasteiger partial charge in [-0.25, -0.2) is 0 Å². The molecule has 3 nitrogen and oxygen atoms in total. The second-order valence-electron chi connectivity index (χ2n) is 4.19. The molecule has 0 N–H and O–H groups in total. The fraction of sp³-hybridized carbons (Fsp3) is 0.462. The van der Waals surface area contributed by atoms with Crippen molar-refractivity contribution in [2.75, 3.05) is 13.2 Å². The first-order valence-electron chi connectivity index (χ1n) is 5.63. The Labute approximate surface area is 95.4 Å². The maximum absolute atomic E-state index is 11.3. The molecule has 1 aliphatic heterocycles. The van der Waals surface area contributed by atoms with Crippen LogP contribution >= 0.6 is 0 Å². The minimum absolute atomic E-state index is 0.0449. The summed E-state index contributed by atoms with van der Waals surface area (Å²) in [4.78, 5) is 11.3. The van der Waals surface area contributed by atoms with E-state index in [2.05, 4.69) is 13.8 Å². The predicted molar refractivity (Wildman–Crippen MR) is 61.2 cm³/mol. The first-order valence-corrected chi connectivity index (χ1v) is 5.63. The number of Topliss-reactive ketones (excluding diaryl/α,β-unsaturated/α-hetero) is 1. The van der Waals surface area contributed by atoms with Crippen LogP contribution < -0.4 is 9.47 Å². The van der Waals surface area contributed by atoms with Gasteiger partial charge in [0.05, 0.1) is 12.2 Å². The molecule has 1 aromatic carbocycles. The third-order valence-electron chi connectivity index (χ3n) is 2.84. The highest BCUT2D eigenvalue weighted by Gasteiger charge is 2.21. The fourth-order valence-electron chi connectivity index (χ4n) is 1.52. The van der Waals surface area contributed by atoms with E-state index in [4.69, 9.17) is 9.47 Å². The molecule has 0 bridgehead atoms. The molecule has 3 heteroatoms. The van der Waals surface area contributed by atoms with E-state index in [9.17, 15) is 4.79 Å². The van der Waals surface area contributed by atoms with Gasteiger partial charge in [0.25, 0.3) is 0 Å². The monoisotopic (exact) mass is 220 g/mol. The molecule has 0 saturated heterocycles. The van der Waals surface area contributed by atoms with Crippen LogP contribution in [0.3, 0.4) is 0 Å². The third kappa shape index (κ3) is 2.18. The molecule has 0 amide bonds. The standard InChI is InChI=1S/C13H16O3/c1-3-9(2)7-15-10-4-5-11-12(14)8-16-13(11)6-10/h4-6,9H,3,7-8H2,1-2H3. The zero-order chi connectivity index (χ0) is 11.5. The number of rotatable bonds is 4. The van der Waals surface area contributed by atoms with Crippen molar-refractivity contribution in [2.45, 2.75) is 20.3 Å². The molecular weight excluding hydrogens is 204 g/mol. The summed E-state index contributed by atoms with van der Waals surface area (Å²) in [6.07, 6.45) is 1.10. The van der Waals surface area contributed by atoms with E-state index in [1.165, 1.54) is 0 Å². The normalized spacial score (nSPS) is 15.5. The summed E-state index contributed by atoms with van der Waals surface area (Å²) in [5, 5.41) is 0. The van der Waals surface area contributed by atoms with Crippen molar-refractivity contribution >= 4 is 5.78 Å². The van der Waals surface area contributed by atoms with Gasteiger partial charge in [0, 0.05) is 6.07 Å². The average molecular weight is 220 g/mol. The van der Waals surface area contributed by atoms with E-state index >= 15 is 0 Å². The molecule has 1 unspecified atom stereocenters. The van der Waals surface area contributed by atoms with Crippen molar-refractivity contribution in [1.29, 1.82) is 0 Å². The van der Waals surface area contributed by atoms with Crippen LogP contribution in [0, 0.1) is 5.92 Å². The summed E-state index contributed by atoms with van der Waals surface area (Å²) >= 11 is 0. The lowest BCUT2D eigenvalue weighted by Crippen LogP contribution is -2.07. The Balaban J connectivity index is 2.05. The molecule has 86 valence electrons. The minimum atomic E-state index is 0.0449. The van der Waals surface area contributed by atoms with Crippen LogP contribution in [-0.4, -0.2) is 19.0 Å². The highest BCUT2D eigenvalue weighted by Crippen LogP contribution is 2.29. The molecule has 0 radical (unpaired) electrons. The second kappa shape index (κ2) is 4.56. The number of hydrogen-bond acceptors (Lipinski definition) is 3. The zero-order valence-electron chi connectivity index (χ0n) is 9.66. The Morgan fingerprint density at radius 2 is 2.31 bits per heavy atom. The van der Waals surface area contributed by atoms with Gasteiger partial charge in [-0.2, -0.15) is 0 Å². The van der Waals surface area contributed by atoms with Gasteiger partial charge >= 0.3 is 0 Å². The van der Waals surface area contributed by atoms with Crippen molar-refractivity contribution in [3.05, 3.63) is 23.8 Å². The maximum atomic E-state index is 11.3. The maximum Gasteiger partial charge on any atom is 0.203 e. The summed E-state index contributed by atoms with van der Waals surface area (Å²) in [7, 11) is 0. The molecule has 1 aliphatic rings. The first-order chi connectivity index (χ1) is 7.70. The second-order valence-corrected chi connectivity index (χ2v) is 4.19.